The molecule has 0 unspecified atom stereocenters. The Hall–Kier alpha value is -2.42. The van der Waals surface area contributed by atoms with Gasteiger partial charge in [-0.05, 0) is 72.9 Å². The van der Waals surface area contributed by atoms with Gasteiger partial charge >= 0.3 is 0 Å². The van der Waals surface area contributed by atoms with Crippen LogP contribution in [0.4, 0.5) is 0 Å². The number of ether oxygens (including phenoxy) is 1. The van der Waals surface area contributed by atoms with E-state index in [0.29, 0.717) is 30.4 Å². The maximum absolute atomic E-state index is 12.9. The minimum Gasteiger partial charge on any atom is -0.493 e. The highest BCUT2D eigenvalue weighted by atomic mass is 35.5. The van der Waals surface area contributed by atoms with Crippen LogP contribution in [0.25, 0.3) is 0 Å². The second kappa shape index (κ2) is 10.3. The van der Waals surface area contributed by atoms with E-state index in [1.807, 2.05) is 24.3 Å². The van der Waals surface area contributed by atoms with Gasteiger partial charge in [0.1, 0.15) is 11.8 Å². The van der Waals surface area contributed by atoms with Gasteiger partial charge in [-0.1, -0.05) is 25.4 Å². The summed E-state index contributed by atoms with van der Waals surface area (Å²) in [6, 6.07) is 12.5. The molecule has 31 heavy (non-hydrogen) atoms. The van der Waals surface area contributed by atoms with Crippen molar-refractivity contribution in [1.29, 1.82) is 0 Å². The lowest BCUT2D eigenvalue weighted by atomic mass is 10.2. The molecule has 1 amide bonds. The Morgan fingerprint density at radius 2 is 1.90 bits per heavy atom. The fourth-order valence-corrected chi connectivity index (χ4v) is 4.97. The Bertz CT molecular complexity index is 1020. The Morgan fingerprint density at radius 3 is 2.55 bits per heavy atom. The standard InChI is InChI=1S/C22H26ClN3O4S/c1-16(2)15-30-19-9-5-17(6-10-19)14-24-25-22(27)21-4-3-13-26(21)31(28,29)20-11-7-18(23)8-12-20/h5-12,14,16,21H,3-4,13,15H2,1-2H3,(H,25,27)/b24-14-/t21-/m1/s1. The summed E-state index contributed by atoms with van der Waals surface area (Å²) in [6.07, 6.45) is 2.56. The first-order valence-electron chi connectivity index (χ1n) is 10.1. The quantitative estimate of drug-likeness (QED) is 0.477. The van der Waals surface area contributed by atoms with Crippen molar-refractivity contribution in [3.8, 4) is 5.75 Å². The van der Waals surface area contributed by atoms with Gasteiger partial charge in [0.05, 0.1) is 17.7 Å². The number of hydrazone groups is 1. The predicted octanol–water partition coefficient (Wildman–Crippen LogP) is 3.68. The lowest BCUT2D eigenvalue weighted by Gasteiger charge is -2.22. The van der Waals surface area contributed by atoms with Gasteiger partial charge < -0.3 is 4.74 Å². The molecule has 1 saturated heterocycles. The zero-order valence-electron chi connectivity index (χ0n) is 17.5. The van der Waals surface area contributed by atoms with E-state index in [2.05, 4.69) is 24.4 Å². The number of hydrogen-bond donors (Lipinski definition) is 1. The predicted molar refractivity (Wildman–Crippen MR) is 121 cm³/mol. The molecule has 1 fully saturated rings. The Kier molecular flexibility index (Phi) is 7.69. The van der Waals surface area contributed by atoms with Crippen molar-refractivity contribution in [1.82, 2.24) is 9.73 Å². The Labute approximate surface area is 188 Å². The smallest absolute Gasteiger partial charge is 0.258 e. The number of amides is 1. The fourth-order valence-electron chi connectivity index (χ4n) is 3.19. The van der Waals surface area contributed by atoms with Crippen LogP contribution in [0.15, 0.2) is 58.5 Å². The molecule has 0 aliphatic carbocycles. The number of nitrogens with zero attached hydrogens (tertiary/aromatic N) is 2. The van der Waals surface area contributed by atoms with E-state index in [1.54, 1.807) is 0 Å². The molecule has 2 aromatic carbocycles. The molecule has 0 radical (unpaired) electrons. The van der Waals surface area contributed by atoms with Crippen LogP contribution in [0.5, 0.6) is 5.75 Å². The van der Waals surface area contributed by atoms with Gasteiger partial charge in [0.25, 0.3) is 5.91 Å². The topological polar surface area (TPSA) is 88.1 Å². The van der Waals surface area contributed by atoms with Crippen molar-refractivity contribution >= 4 is 33.7 Å². The summed E-state index contributed by atoms with van der Waals surface area (Å²) >= 11 is 5.85. The largest absolute Gasteiger partial charge is 0.493 e. The van der Waals surface area contributed by atoms with Gasteiger partial charge in [-0.25, -0.2) is 13.8 Å². The molecule has 3 rings (SSSR count). The number of hydrogen-bond acceptors (Lipinski definition) is 5. The lowest BCUT2D eigenvalue weighted by molar-refractivity contribution is -0.124. The minimum absolute atomic E-state index is 0.111. The first kappa shape index (κ1) is 23.2. The van der Waals surface area contributed by atoms with E-state index in [1.165, 1.54) is 34.8 Å². The van der Waals surface area contributed by atoms with Crippen LogP contribution in [-0.2, 0) is 14.8 Å². The van der Waals surface area contributed by atoms with Gasteiger partial charge in [0, 0.05) is 11.6 Å². The highest BCUT2D eigenvalue weighted by Gasteiger charge is 2.39. The summed E-state index contributed by atoms with van der Waals surface area (Å²) in [4.78, 5) is 12.7. The molecule has 0 spiro atoms. The van der Waals surface area contributed by atoms with Crippen molar-refractivity contribution in [3.63, 3.8) is 0 Å². The second-order valence-electron chi connectivity index (χ2n) is 7.74. The molecule has 2 aromatic rings. The SMILES string of the molecule is CC(C)COc1ccc(/C=N\NC(=O)[C@H]2CCCN2S(=O)(=O)c2ccc(Cl)cc2)cc1. The average molecular weight is 464 g/mol. The van der Waals surface area contributed by atoms with Crippen molar-refractivity contribution in [2.24, 2.45) is 11.0 Å². The molecule has 7 nitrogen and oxygen atoms in total. The molecule has 1 aliphatic heterocycles. The van der Waals surface area contributed by atoms with Gasteiger partial charge in [-0.15, -0.1) is 0 Å². The normalized spacial score (nSPS) is 17.4. The summed E-state index contributed by atoms with van der Waals surface area (Å²) in [5.74, 6) is 0.752. The van der Waals surface area contributed by atoms with E-state index in [-0.39, 0.29) is 11.4 Å². The Morgan fingerprint density at radius 1 is 1.23 bits per heavy atom. The maximum atomic E-state index is 12.9. The maximum Gasteiger partial charge on any atom is 0.258 e. The van der Waals surface area contributed by atoms with Crippen LogP contribution in [0, 0.1) is 5.92 Å². The summed E-state index contributed by atoms with van der Waals surface area (Å²) in [6.45, 7) is 5.08. The third-order valence-electron chi connectivity index (χ3n) is 4.78. The van der Waals surface area contributed by atoms with Crippen LogP contribution < -0.4 is 10.2 Å². The number of nitrogens with one attached hydrogen (secondary N) is 1. The van der Waals surface area contributed by atoms with E-state index in [9.17, 15) is 13.2 Å². The summed E-state index contributed by atoms with van der Waals surface area (Å²) in [7, 11) is -3.80. The number of rotatable bonds is 8. The van der Waals surface area contributed by atoms with E-state index in [4.69, 9.17) is 16.3 Å². The third-order valence-corrected chi connectivity index (χ3v) is 6.95. The number of sulfonamides is 1. The number of carbonyl (C=O) groups excluding carboxylic acids is 1. The van der Waals surface area contributed by atoms with Crippen LogP contribution in [-0.4, -0.2) is 44.0 Å². The third kappa shape index (κ3) is 6.06. The molecule has 0 bridgehead atoms. The van der Waals surface area contributed by atoms with Crippen molar-refractivity contribution in [2.45, 2.75) is 37.6 Å². The molecule has 0 saturated carbocycles. The number of carbonyl (C=O) groups is 1. The van der Waals surface area contributed by atoms with Crippen LogP contribution >= 0.6 is 11.6 Å². The zero-order valence-corrected chi connectivity index (χ0v) is 19.1. The highest BCUT2D eigenvalue weighted by Crippen LogP contribution is 2.27. The van der Waals surface area contributed by atoms with Crippen molar-refractivity contribution in [3.05, 3.63) is 59.1 Å². The monoisotopic (exact) mass is 463 g/mol. The molecular weight excluding hydrogens is 438 g/mol. The van der Waals surface area contributed by atoms with Crippen LogP contribution in [0.1, 0.15) is 32.3 Å². The van der Waals surface area contributed by atoms with Gasteiger partial charge in [-0.2, -0.15) is 9.41 Å². The Balaban J connectivity index is 1.61. The summed E-state index contributed by atoms with van der Waals surface area (Å²) in [5, 5.41) is 4.43. The molecule has 1 N–H and O–H groups in total. The number of halogens is 1. The van der Waals surface area contributed by atoms with E-state index >= 15 is 0 Å². The second-order valence-corrected chi connectivity index (χ2v) is 10.1. The molecule has 0 aromatic heterocycles. The summed E-state index contributed by atoms with van der Waals surface area (Å²) < 4.78 is 32.7. The van der Waals surface area contributed by atoms with Crippen molar-refractivity contribution in [2.75, 3.05) is 13.2 Å². The van der Waals surface area contributed by atoms with Gasteiger partial charge in [-0.3, -0.25) is 4.79 Å². The zero-order chi connectivity index (χ0) is 22.4. The van der Waals surface area contributed by atoms with Crippen molar-refractivity contribution < 1.29 is 17.9 Å². The van der Waals surface area contributed by atoms with Gasteiger partial charge in [0.2, 0.25) is 10.0 Å². The van der Waals surface area contributed by atoms with Crippen LogP contribution in [0.3, 0.4) is 0 Å². The van der Waals surface area contributed by atoms with Gasteiger partial charge in [0.15, 0.2) is 0 Å². The molecule has 9 heteroatoms. The van der Waals surface area contributed by atoms with Crippen LogP contribution in [0.2, 0.25) is 5.02 Å². The summed E-state index contributed by atoms with van der Waals surface area (Å²) in [5.41, 5.74) is 3.25. The van der Waals surface area contributed by atoms with E-state index in [0.717, 1.165) is 11.3 Å². The molecule has 1 heterocycles. The lowest BCUT2D eigenvalue weighted by Crippen LogP contribution is -2.44. The van der Waals surface area contributed by atoms with E-state index < -0.39 is 22.0 Å². The average Bonchev–Trinajstić information content (AvgIpc) is 3.24. The first-order chi connectivity index (χ1) is 14.8. The highest BCUT2D eigenvalue weighted by molar-refractivity contribution is 7.89. The molecule has 166 valence electrons. The molecular formula is C22H26ClN3O4S. The molecule has 1 aliphatic rings. The number of benzene rings is 2. The molecule has 1 atom stereocenters. The minimum atomic E-state index is -3.80. The first-order valence-corrected chi connectivity index (χ1v) is 11.9. The fraction of sp³-hybridized carbons (Fsp3) is 0.364.